The van der Waals surface area contributed by atoms with Crippen LogP contribution in [-0.4, -0.2) is 5.88 Å². The van der Waals surface area contributed by atoms with Gasteiger partial charge in [0.05, 0.1) is 0 Å². The van der Waals surface area contributed by atoms with Gasteiger partial charge in [-0.2, -0.15) is 0 Å². The second-order valence-corrected chi connectivity index (χ2v) is 4.09. The number of hydrogen-bond donors (Lipinski definition) is 0. The van der Waals surface area contributed by atoms with E-state index in [9.17, 15) is 0 Å². The standard InChI is InChI=1S/C12H17Cl/c1-10-3-6-12(7-4-10)8-5-11(2)9-13/h3-4,6-7,11H,5,8-9H2,1-2H3. The van der Waals surface area contributed by atoms with E-state index in [4.69, 9.17) is 11.6 Å². The Morgan fingerprint density at radius 1 is 1.23 bits per heavy atom. The average molecular weight is 197 g/mol. The fraction of sp³-hybridized carbons (Fsp3) is 0.500. The highest BCUT2D eigenvalue weighted by molar-refractivity contribution is 6.18. The molecule has 0 aromatic heterocycles. The molecule has 0 saturated heterocycles. The van der Waals surface area contributed by atoms with Gasteiger partial charge in [-0.1, -0.05) is 36.8 Å². The summed E-state index contributed by atoms with van der Waals surface area (Å²) >= 11 is 5.74. The van der Waals surface area contributed by atoms with Crippen molar-refractivity contribution in [2.24, 2.45) is 5.92 Å². The predicted octanol–water partition coefficient (Wildman–Crippen LogP) is 3.80. The maximum atomic E-state index is 5.74. The lowest BCUT2D eigenvalue weighted by atomic mass is 10.0. The Hall–Kier alpha value is -0.490. The number of halogens is 1. The van der Waals surface area contributed by atoms with Crippen LogP contribution in [0.2, 0.25) is 0 Å². The van der Waals surface area contributed by atoms with Crippen molar-refractivity contribution in [1.82, 2.24) is 0 Å². The van der Waals surface area contributed by atoms with Crippen molar-refractivity contribution in [3.05, 3.63) is 35.4 Å². The van der Waals surface area contributed by atoms with E-state index in [1.807, 2.05) is 0 Å². The highest BCUT2D eigenvalue weighted by Crippen LogP contribution is 2.11. The van der Waals surface area contributed by atoms with E-state index in [-0.39, 0.29) is 0 Å². The first-order valence-electron chi connectivity index (χ1n) is 4.84. The molecule has 0 aliphatic heterocycles. The summed E-state index contributed by atoms with van der Waals surface area (Å²) in [4.78, 5) is 0. The quantitative estimate of drug-likeness (QED) is 0.643. The van der Waals surface area contributed by atoms with Gasteiger partial charge in [0.25, 0.3) is 0 Å². The van der Waals surface area contributed by atoms with Crippen molar-refractivity contribution in [3.63, 3.8) is 0 Å². The third kappa shape index (κ3) is 3.82. The third-order valence-electron chi connectivity index (χ3n) is 2.31. The maximum absolute atomic E-state index is 5.74. The molecule has 0 bridgehead atoms. The Morgan fingerprint density at radius 3 is 2.38 bits per heavy atom. The molecule has 1 rings (SSSR count). The first-order valence-corrected chi connectivity index (χ1v) is 5.37. The van der Waals surface area contributed by atoms with Gasteiger partial charge in [0.2, 0.25) is 0 Å². The Bertz CT molecular complexity index is 238. The summed E-state index contributed by atoms with van der Waals surface area (Å²) in [5, 5.41) is 0. The maximum Gasteiger partial charge on any atom is 0.0249 e. The van der Waals surface area contributed by atoms with Crippen molar-refractivity contribution in [2.45, 2.75) is 26.7 Å². The van der Waals surface area contributed by atoms with Crippen LogP contribution in [0.1, 0.15) is 24.5 Å². The van der Waals surface area contributed by atoms with E-state index in [2.05, 4.69) is 38.1 Å². The van der Waals surface area contributed by atoms with Crippen LogP contribution >= 0.6 is 11.6 Å². The zero-order valence-corrected chi connectivity index (χ0v) is 9.14. The highest BCUT2D eigenvalue weighted by atomic mass is 35.5. The van der Waals surface area contributed by atoms with Gasteiger partial charge in [-0.15, -0.1) is 11.6 Å². The summed E-state index contributed by atoms with van der Waals surface area (Å²) in [6.45, 7) is 4.31. The van der Waals surface area contributed by atoms with E-state index < -0.39 is 0 Å². The Labute approximate surface area is 85.9 Å². The molecule has 0 nitrogen and oxygen atoms in total. The SMILES string of the molecule is Cc1ccc(CCC(C)CCl)cc1. The molecule has 0 fully saturated rings. The van der Waals surface area contributed by atoms with Crippen LogP contribution < -0.4 is 0 Å². The summed E-state index contributed by atoms with van der Waals surface area (Å²) < 4.78 is 0. The lowest BCUT2D eigenvalue weighted by Crippen LogP contribution is -1.98. The number of aryl methyl sites for hydroxylation is 2. The second kappa shape index (κ2) is 5.29. The van der Waals surface area contributed by atoms with Gasteiger partial charge in [0.15, 0.2) is 0 Å². The van der Waals surface area contributed by atoms with Crippen LogP contribution in [0.5, 0.6) is 0 Å². The summed E-state index contributed by atoms with van der Waals surface area (Å²) in [5.74, 6) is 1.40. The minimum atomic E-state index is 0.628. The third-order valence-corrected chi connectivity index (χ3v) is 2.84. The number of benzene rings is 1. The predicted molar refractivity (Wildman–Crippen MR) is 59.4 cm³/mol. The van der Waals surface area contributed by atoms with Crippen LogP contribution in [0.15, 0.2) is 24.3 Å². The number of hydrogen-bond acceptors (Lipinski definition) is 0. The van der Waals surface area contributed by atoms with Gasteiger partial charge in [0.1, 0.15) is 0 Å². The molecular formula is C12H17Cl. The zero-order valence-electron chi connectivity index (χ0n) is 8.39. The van der Waals surface area contributed by atoms with Gasteiger partial charge >= 0.3 is 0 Å². The molecule has 0 N–H and O–H groups in total. The lowest BCUT2D eigenvalue weighted by Gasteiger charge is -2.06. The van der Waals surface area contributed by atoms with E-state index in [0.717, 1.165) is 12.3 Å². The highest BCUT2D eigenvalue weighted by Gasteiger charge is 2.00. The molecule has 0 radical (unpaired) electrons. The van der Waals surface area contributed by atoms with Gasteiger partial charge in [-0.25, -0.2) is 0 Å². The summed E-state index contributed by atoms with van der Waals surface area (Å²) in [6.07, 6.45) is 2.33. The zero-order chi connectivity index (χ0) is 9.68. The molecule has 0 spiro atoms. The fourth-order valence-electron chi connectivity index (χ4n) is 1.24. The monoisotopic (exact) mass is 196 g/mol. The minimum Gasteiger partial charge on any atom is -0.126 e. The van der Waals surface area contributed by atoms with Crippen LogP contribution in [0.3, 0.4) is 0 Å². The van der Waals surface area contributed by atoms with E-state index in [1.54, 1.807) is 0 Å². The summed E-state index contributed by atoms with van der Waals surface area (Å²) in [7, 11) is 0. The molecule has 0 saturated carbocycles. The Balaban J connectivity index is 2.41. The van der Waals surface area contributed by atoms with Crippen LogP contribution in [0, 0.1) is 12.8 Å². The molecule has 0 amide bonds. The van der Waals surface area contributed by atoms with Crippen molar-refractivity contribution in [1.29, 1.82) is 0 Å². The van der Waals surface area contributed by atoms with E-state index >= 15 is 0 Å². The largest absolute Gasteiger partial charge is 0.126 e. The van der Waals surface area contributed by atoms with Crippen molar-refractivity contribution < 1.29 is 0 Å². The first-order chi connectivity index (χ1) is 6.22. The Kier molecular flexibility index (Phi) is 4.31. The van der Waals surface area contributed by atoms with Crippen molar-refractivity contribution in [3.8, 4) is 0 Å². The molecule has 1 unspecified atom stereocenters. The fourth-order valence-corrected chi connectivity index (χ4v) is 1.40. The molecule has 0 aliphatic carbocycles. The lowest BCUT2D eigenvalue weighted by molar-refractivity contribution is 0.593. The summed E-state index contributed by atoms with van der Waals surface area (Å²) in [5.41, 5.74) is 2.75. The first kappa shape index (κ1) is 10.6. The number of alkyl halides is 1. The molecule has 1 aromatic carbocycles. The molecule has 72 valence electrons. The minimum absolute atomic E-state index is 0.628. The van der Waals surface area contributed by atoms with Crippen LogP contribution in [-0.2, 0) is 6.42 Å². The molecule has 13 heavy (non-hydrogen) atoms. The second-order valence-electron chi connectivity index (χ2n) is 3.78. The average Bonchev–Trinajstić information content (AvgIpc) is 2.16. The van der Waals surface area contributed by atoms with E-state index in [1.165, 1.54) is 17.5 Å². The number of rotatable bonds is 4. The van der Waals surface area contributed by atoms with Gasteiger partial charge in [-0.05, 0) is 31.2 Å². The van der Waals surface area contributed by atoms with Gasteiger partial charge in [0, 0.05) is 5.88 Å². The van der Waals surface area contributed by atoms with E-state index in [0.29, 0.717) is 5.92 Å². The Morgan fingerprint density at radius 2 is 1.85 bits per heavy atom. The van der Waals surface area contributed by atoms with Crippen molar-refractivity contribution >= 4 is 11.6 Å². The van der Waals surface area contributed by atoms with Crippen molar-refractivity contribution in [2.75, 3.05) is 5.88 Å². The topological polar surface area (TPSA) is 0 Å². The molecule has 1 heteroatoms. The summed E-state index contributed by atoms with van der Waals surface area (Å²) in [6, 6.07) is 8.74. The van der Waals surface area contributed by atoms with Gasteiger partial charge < -0.3 is 0 Å². The smallest absolute Gasteiger partial charge is 0.0249 e. The normalized spacial score (nSPS) is 12.8. The molecule has 0 aliphatic rings. The van der Waals surface area contributed by atoms with Crippen LogP contribution in [0.4, 0.5) is 0 Å². The van der Waals surface area contributed by atoms with Gasteiger partial charge in [-0.3, -0.25) is 0 Å². The van der Waals surface area contributed by atoms with Crippen LogP contribution in [0.25, 0.3) is 0 Å². The molecule has 0 heterocycles. The molecule has 1 atom stereocenters. The molecule has 1 aromatic rings. The molecular weight excluding hydrogens is 180 g/mol.